The Bertz CT molecular complexity index is 310. The Labute approximate surface area is 106 Å². The van der Waals surface area contributed by atoms with Crippen molar-refractivity contribution in [3.8, 4) is 0 Å². The Hall–Kier alpha value is -1.50. The standard InChI is InChI=1S/C8H15NO10/c10-1-2(11)3(12)4(13)5(14)6(15)19-8(18)9-7(16)17/h2-6,10-15H,1H2,(H,9,18)(H,16,17)/t2-,3-,4+,5+,6?/m1/s1. The molecule has 0 bridgehead atoms. The second-order valence-electron chi connectivity index (χ2n) is 3.45. The molecule has 0 aromatic rings. The van der Waals surface area contributed by atoms with E-state index in [2.05, 4.69) is 4.74 Å². The van der Waals surface area contributed by atoms with E-state index >= 15 is 0 Å². The van der Waals surface area contributed by atoms with Gasteiger partial charge in [0.05, 0.1) is 6.61 Å². The van der Waals surface area contributed by atoms with Crippen LogP contribution in [0.15, 0.2) is 0 Å². The molecule has 0 aromatic carbocycles. The van der Waals surface area contributed by atoms with E-state index in [1.807, 2.05) is 0 Å². The van der Waals surface area contributed by atoms with Crippen molar-refractivity contribution >= 4 is 12.2 Å². The number of hydrogen-bond donors (Lipinski definition) is 8. The minimum atomic E-state index is -2.37. The lowest BCUT2D eigenvalue weighted by molar-refractivity contribution is -0.190. The Morgan fingerprint density at radius 3 is 1.95 bits per heavy atom. The van der Waals surface area contributed by atoms with Crippen LogP contribution >= 0.6 is 0 Å². The van der Waals surface area contributed by atoms with Crippen LogP contribution in [0.1, 0.15) is 0 Å². The van der Waals surface area contributed by atoms with Crippen molar-refractivity contribution in [3.05, 3.63) is 0 Å². The molecule has 8 N–H and O–H groups in total. The predicted octanol–water partition coefficient (Wildman–Crippen LogP) is -3.86. The molecule has 0 aliphatic rings. The summed E-state index contributed by atoms with van der Waals surface area (Å²) in [6.07, 6.45) is -14.0. The summed E-state index contributed by atoms with van der Waals surface area (Å²) in [6, 6.07) is 0. The van der Waals surface area contributed by atoms with Crippen LogP contribution in [0.2, 0.25) is 0 Å². The van der Waals surface area contributed by atoms with Gasteiger partial charge in [0.1, 0.15) is 24.4 Å². The lowest BCUT2D eigenvalue weighted by atomic mass is 10.0. The van der Waals surface area contributed by atoms with Crippen molar-refractivity contribution in [1.82, 2.24) is 5.32 Å². The topological polar surface area (TPSA) is 197 Å². The minimum absolute atomic E-state index is 0.929. The average Bonchev–Trinajstić information content (AvgIpc) is 2.33. The molecule has 1 unspecified atom stereocenters. The molecule has 0 saturated heterocycles. The Morgan fingerprint density at radius 2 is 1.53 bits per heavy atom. The second kappa shape index (κ2) is 7.83. The molecular weight excluding hydrogens is 270 g/mol. The summed E-state index contributed by atoms with van der Waals surface area (Å²) in [5.74, 6) is 0. The zero-order valence-electron chi connectivity index (χ0n) is 9.45. The summed E-state index contributed by atoms with van der Waals surface area (Å²) in [4.78, 5) is 20.8. The number of imide groups is 1. The maximum absolute atomic E-state index is 10.7. The predicted molar refractivity (Wildman–Crippen MR) is 54.8 cm³/mol. The van der Waals surface area contributed by atoms with Crippen LogP contribution in [0.5, 0.6) is 0 Å². The molecule has 112 valence electrons. The Balaban J connectivity index is 4.42. The Kier molecular flexibility index (Phi) is 7.21. The van der Waals surface area contributed by atoms with E-state index in [1.54, 1.807) is 0 Å². The molecule has 0 spiro atoms. The number of carbonyl (C=O) groups excluding carboxylic acids is 1. The first-order valence-electron chi connectivity index (χ1n) is 4.92. The fourth-order valence-corrected chi connectivity index (χ4v) is 1.00. The van der Waals surface area contributed by atoms with Crippen molar-refractivity contribution in [1.29, 1.82) is 0 Å². The van der Waals surface area contributed by atoms with Crippen molar-refractivity contribution in [3.63, 3.8) is 0 Å². The van der Waals surface area contributed by atoms with Crippen molar-refractivity contribution in [2.24, 2.45) is 0 Å². The number of carboxylic acid groups (broad SMARTS) is 1. The first-order valence-corrected chi connectivity index (χ1v) is 4.92. The van der Waals surface area contributed by atoms with Gasteiger partial charge in [0.2, 0.25) is 6.29 Å². The van der Waals surface area contributed by atoms with Crippen molar-refractivity contribution in [2.75, 3.05) is 6.61 Å². The van der Waals surface area contributed by atoms with E-state index in [-0.39, 0.29) is 0 Å². The van der Waals surface area contributed by atoms with Gasteiger partial charge in [0.15, 0.2) is 0 Å². The van der Waals surface area contributed by atoms with Gasteiger partial charge in [-0.2, -0.15) is 0 Å². The maximum Gasteiger partial charge on any atom is 0.419 e. The third-order valence-corrected chi connectivity index (χ3v) is 2.01. The molecule has 2 amide bonds. The zero-order chi connectivity index (χ0) is 15.2. The highest BCUT2D eigenvalue weighted by Crippen LogP contribution is 2.09. The quantitative estimate of drug-likeness (QED) is 0.223. The molecule has 0 aromatic heterocycles. The number of alkyl carbamates (subject to hydrolysis) is 1. The van der Waals surface area contributed by atoms with Gasteiger partial charge in [-0.05, 0) is 0 Å². The summed E-state index contributed by atoms with van der Waals surface area (Å²) in [7, 11) is 0. The molecule has 0 aliphatic heterocycles. The van der Waals surface area contributed by atoms with E-state index in [0.717, 1.165) is 0 Å². The average molecular weight is 285 g/mol. The van der Waals surface area contributed by atoms with Gasteiger partial charge in [0.25, 0.3) is 0 Å². The summed E-state index contributed by atoms with van der Waals surface area (Å²) < 4.78 is 3.97. The van der Waals surface area contributed by atoms with Crippen LogP contribution < -0.4 is 5.32 Å². The van der Waals surface area contributed by atoms with Crippen LogP contribution in [0.4, 0.5) is 9.59 Å². The molecule has 0 radical (unpaired) electrons. The molecule has 0 heterocycles. The second-order valence-corrected chi connectivity index (χ2v) is 3.45. The van der Waals surface area contributed by atoms with Gasteiger partial charge in [-0.25, -0.2) is 14.9 Å². The van der Waals surface area contributed by atoms with Gasteiger partial charge in [-0.3, -0.25) is 0 Å². The molecule has 19 heavy (non-hydrogen) atoms. The van der Waals surface area contributed by atoms with Gasteiger partial charge in [-0.1, -0.05) is 0 Å². The molecule has 0 aliphatic carbocycles. The number of hydrogen-bond acceptors (Lipinski definition) is 9. The molecule has 11 nitrogen and oxygen atoms in total. The summed E-state index contributed by atoms with van der Waals surface area (Å²) >= 11 is 0. The third-order valence-electron chi connectivity index (χ3n) is 2.01. The van der Waals surface area contributed by atoms with Gasteiger partial charge >= 0.3 is 12.2 Å². The highest BCUT2D eigenvalue weighted by Gasteiger charge is 2.36. The Morgan fingerprint density at radius 1 is 1.00 bits per heavy atom. The first kappa shape index (κ1) is 17.5. The largest absolute Gasteiger partial charge is 0.465 e. The number of amides is 2. The molecular formula is C8H15NO10. The number of aliphatic hydroxyl groups is 6. The monoisotopic (exact) mass is 285 g/mol. The fraction of sp³-hybridized carbons (Fsp3) is 0.750. The van der Waals surface area contributed by atoms with Crippen LogP contribution in [0.25, 0.3) is 0 Å². The molecule has 0 saturated carbocycles. The number of ether oxygens (including phenoxy) is 1. The lowest BCUT2D eigenvalue weighted by Crippen LogP contribution is -2.51. The molecule has 0 fully saturated rings. The van der Waals surface area contributed by atoms with E-state index in [9.17, 15) is 24.9 Å². The van der Waals surface area contributed by atoms with Gasteiger partial charge < -0.3 is 40.5 Å². The summed E-state index contributed by atoms with van der Waals surface area (Å²) in [6.45, 7) is -0.929. The van der Waals surface area contributed by atoms with Crippen LogP contribution in [0, 0.1) is 0 Å². The number of rotatable bonds is 6. The van der Waals surface area contributed by atoms with Crippen molar-refractivity contribution in [2.45, 2.75) is 30.7 Å². The van der Waals surface area contributed by atoms with E-state index < -0.39 is 49.5 Å². The summed E-state index contributed by atoms with van der Waals surface area (Å²) in [5.41, 5.74) is 0. The fourth-order valence-electron chi connectivity index (χ4n) is 1.00. The maximum atomic E-state index is 10.7. The first-order chi connectivity index (χ1) is 8.70. The lowest BCUT2D eigenvalue weighted by Gasteiger charge is -2.27. The van der Waals surface area contributed by atoms with Crippen molar-refractivity contribution < 1.29 is 50.1 Å². The SMILES string of the molecule is O=C(O)NC(=O)OC(O)[C@@H](O)[C@@H](O)[C@H](O)[C@H](O)CO. The van der Waals surface area contributed by atoms with Gasteiger partial charge in [0, 0.05) is 0 Å². The zero-order valence-corrected chi connectivity index (χ0v) is 9.45. The highest BCUT2D eigenvalue weighted by molar-refractivity contribution is 5.86. The molecule has 11 heteroatoms. The van der Waals surface area contributed by atoms with E-state index in [0.29, 0.717) is 0 Å². The van der Waals surface area contributed by atoms with Crippen LogP contribution in [-0.2, 0) is 4.74 Å². The molecule has 0 rings (SSSR count). The highest BCUT2D eigenvalue weighted by atomic mass is 16.7. The minimum Gasteiger partial charge on any atom is -0.465 e. The number of nitrogens with one attached hydrogen (secondary N) is 1. The van der Waals surface area contributed by atoms with E-state index in [1.165, 1.54) is 5.32 Å². The van der Waals surface area contributed by atoms with Crippen LogP contribution in [0.3, 0.4) is 0 Å². The van der Waals surface area contributed by atoms with Gasteiger partial charge in [-0.15, -0.1) is 0 Å². The third kappa shape index (κ3) is 5.78. The smallest absolute Gasteiger partial charge is 0.419 e. The van der Waals surface area contributed by atoms with Crippen LogP contribution in [-0.4, -0.2) is 85.2 Å². The number of carbonyl (C=O) groups is 2. The number of aliphatic hydroxyl groups excluding tert-OH is 6. The normalized spacial score (nSPS) is 18.8. The van der Waals surface area contributed by atoms with E-state index in [4.69, 9.17) is 20.4 Å². The molecule has 5 atom stereocenters. The summed E-state index contributed by atoms with van der Waals surface area (Å²) in [5, 5.41) is 63.7.